The van der Waals surface area contributed by atoms with Gasteiger partial charge in [-0.1, -0.05) is 25.1 Å². The highest BCUT2D eigenvalue weighted by molar-refractivity contribution is 5.17. The molecule has 0 aliphatic heterocycles. The maximum Gasteiger partial charge on any atom is 0.127 e. The van der Waals surface area contributed by atoms with Gasteiger partial charge in [0.15, 0.2) is 0 Å². The number of aryl methyl sites for hydroxylation is 1. The summed E-state index contributed by atoms with van der Waals surface area (Å²) in [4.78, 5) is 10.7. The Morgan fingerprint density at radius 1 is 1.11 bits per heavy atom. The summed E-state index contributed by atoms with van der Waals surface area (Å²) in [5.74, 6) is -0.156. The standard InChI is InChI=1S/C15H18FN3/c1-3-19(10-13-6-4-5-7-14(13)16)11-15-12(2)17-8-9-18-15/h4-9H,3,10-11H2,1-2H3. The molecule has 0 amide bonds. The highest BCUT2D eigenvalue weighted by Crippen LogP contribution is 2.12. The SMILES string of the molecule is CCN(Cc1ccccc1F)Cc1nccnc1C. The molecule has 0 saturated carbocycles. The zero-order valence-corrected chi connectivity index (χ0v) is 11.3. The normalized spacial score (nSPS) is 10.9. The molecule has 0 saturated heterocycles. The van der Waals surface area contributed by atoms with E-state index in [1.807, 2.05) is 19.1 Å². The number of benzene rings is 1. The van der Waals surface area contributed by atoms with Gasteiger partial charge in [0.2, 0.25) is 0 Å². The van der Waals surface area contributed by atoms with Crippen molar-refractivity contribution < 1.29 is 4.39 Å². The molecule has 0 radical (unpaired) electrons. The lowest BCUT2D eigenvalue weighted by Gasteiger charge is -2.20. The first-order chi connectivity index (χ1) is 9.20. The third kappa shape index (κ3) is 3.58. The van der Waals surface area contributed by atoms with Crippen molar-refractivity contribution in [3.8, 4) is 0 Å². The van der Waals surface area contributed by atoms with Crippen LogP contribution in [-0.2, 0) is 13.1 Å². The number of halogens is 1. The maximum absolute atomic E-state index is 13.6. The Labute approximate surface area is 113 Å². The second-order valence-corrected chi connectivity index (χ2v) is 4.48. The average molecular weight is 259 g/mol. The Balaban J connectivity index is 2.09. The predicted molar refractivity (Wildman–Crippen MR) is 73.0 cm³/mol. The van der Waals surface area contributed by atoms with Crippen LogP contribution in [0.5, 0.6) is 0 Å². The van der Waals surface area contributed by atoms with Crippen molar-refractivity contribution in [3.63, 3.8) is 0 Å². The van der Waals surface area contributed by atoms with Crippen LogP contribution >= 0.6 is 0 Å². The molecule has 0 atom stereocenters. The molecular weight excluding hydrogens is 241 g/mol. The molecule has 0 fully saturated rings. The number of hydrogen-bond donors (Lipinski definition) is 0. The van der Waals surface area contributed by atoms with Gasteiger partial charge in [-0.15, -0.1) is 0 Å². The smallest absolute Gasteiger partial charge is 0.127 e. The summed E-state index contributed by atoms with van der Waals surface area (Å²) in [6.45, 7) is 6.11. The van der Waals surface area contributed by atoms with E-state index in [1.54, 1.807) is 18.5 Å². The Hall–Kier alpha value is -1.81. The van der Waals surface area contributed by atoms with Gasteiger partial charge in [0, 0.05) is 31.0 Å². The number of aromatic nitrogens is 2. The second kappa shape index (κ2) is 6.38. The van der Waals surface area contributed by atoms with Crippen molar-refractivity contribution in [1.82, 2.24) is 14.9 Å². The van der Waals surface area contributed by atoms with Crippen molar-refractivity contribution in [2.75, 3.05) is 6.54 Å². The molecule has 1 heterocycles. The highest BCUT2D eigenvalue weighted by Gasteiger charge is 2.10. The van der Waals surface area contributed by atoms with Crippen molar-refractivity contribution in [3.05, 3.63) is 59.4 Å². The highest BCUT2D eigenvalue weighted by atomic mass is 19.1. The zero-order valence-electron chi connectivity index (χ0n) is 11.3. The van der Waals surface area contributed by atoms with Crippen molar-refractivity contribution >= 4 is 0 Å². The van der Waals surface area contributed by atoms with Gasteiger partial charge in [-0.05, 0) is 19.5 Å². The van der Waals surface area contributed by atoms with Crippen molar-refractivity contribution in [2.24, 2.45) is 0 Å². The number of nitrogens with zero attached hydrogens (tertiary/aromatic N) is 3. The van der Waals surface area contributed by atoms with E-state index in [1.165, 1.54) is 6.07 Å². The molecule has 100 valence electrons. The van der Waals surface area contributed by atoms with E-state index in [4.69, 9.17) is 0 Å². The van der Waals surface area contributed by atoms with Gasteiger partial charge >= 0.3 is 0 Å². The molecule has 0 bridgehead atoms. The van der Waals surface area contributed by atoms with Crippen LogP contribution in [0.3, 0.4) is 0 Å². The summed E-state index contributed by atoms with van der Waals surface area (Å²) in [6, 6.07) is 6.89. The van der Waals surface area contributed by atoms with E-state index >= 15 is 0 Å². The maximum atomic E-state index is 13.6. The van der Waals surface area contributed by atoms with Crippen molar-refractivity contribution in [1.29, 1.82) is 0 Å². The fraction of sp³-hybridized carbons (Fsp3) is 0.333. The first-order valence-electron chi connectivity index (χ1n) is 6.43. The van der Waals surface area contributed by atoms with Gasteiger partial charge in [-0.2, -0.15) is 0 Å². The summed E-state index contributed by atoms with van der Waals surface area (Å²) in [6.07, 6.45) is 3.38. The van der Waals surface area contributed by atoms with Gasteiger partial charge in [0.25, 0.3) is 0 Å². The van der Waals surface area contributed by atoms with E-state index in [9.17, 15) is 4.39 Å². The van der Waals surface area contributed by atoms with Crippen LogP contribution in [0.15, 0.2) is 36.7 Å². The van der Waals surface area contributed by atoms with Gasteiger partial charge in [0.1, 0.15) is 5.82 Å². The molecule has 19 heavy (non-hydrogen) atoms. The monoisotopic (exact) mass is 259 g/mol. The van der Waals surface area contributed by atoms with Crippen LogP contribution in [0.2, 0.25) is 0 Å². The number of hydrogen-bond acceptors (Lipinski definition) is 3. The van der Waals surface area contributed by atoms with Crippen LogP contribution in [-0.4, -0.2) is 21.4 Å². The molecule has 3 nitrogen and oxygen atoms in total. The third-order valence-electron chi connectivity index (χ3n) is 3.16. The Bertz CT molecular complexity index is 495. The van der Waals surface area contributed by atoms with Crippen LogP contribution in [0.25, 0.3) is 0 Å². The van der Waals surface area contributed by atoms with E-state index in [0.29, 0.717) is 18.7 Å². The number of rotatable bonds is 5. The molecule has 4 heteroatoms. The fourth-order valence-corrected chi connectivity index (χ4v) is 1.95. The van der Waals surface area contributed by atoms with Gasteiger partial charge in [-0.3, -0.25) is 14.9 Å². The minimum absolute atomic E-state index is 0.156. The summed E-state index contributed by atoms with van der Waals surface area (Å²) >= 11 is 0. The zero-order chi connectivity index (χ0) is 13.7. The average Bonchev–Trinajstić information content (AvgIpc) is 2.42. The molecule has 0 N–H and O–H groups in total. The predicted octanol–water partition coefficient (Wildman–Crippen LogP) is 2.95. The van der Waals surface area contributed by atoms with Crippen LogP contribution in [0, 0.1) is 12.7 Å². The topological polar surface area (TPSA) is 29.0 Å². The first-order valence-corrected chi connectivity index (χ1v) is 6.43. The quantitative estimate of drug-likeness (QED) is 0.826. The Morgan fingerprint density at radius 3 is 2.53 bits per heavy atom. The lowest BCUT2D eigenvalue weighted by Crippen LogP contribution is -2.24. The van der Waals surface area contributed by atoms with Crippen LogP contribution in [0.4, 0.5) is 4.39 Å². The molecule has 0 aliphatic rings. The van der Waals surface area contributed by atoms with Crippen molar-refractivity contribution in [2.45, 2.75) is 26.9 Å². The molecule has 0 spiro atoms. The van der Waals surface area contributed by atoms with Gasteiger partial charge < -0.3 is 0 Å². The molecule has 1 aromatic heterocycles. The lowest BCUT2D eigenvalue weighted by atomic mass is 10.2. The van der Waals surface area contributed by atoms with E-state index < -0.39 is 0 Å². The van der Waals surface area contributed by atoms with E-state index in [2.05, 4.69) is 21.8 Å². The molecule has 2 aromatic rings. The van der Waals surface area contributed by atoms with Crippen LogP contribution < -0.4 is 0 Å². The summed E-state index contributed by atoms with van der Waals surface area (Å²) in [7, 11) is 0. The Morgan fingerprint density at radius 2 is 1.84 bits per heavy atom. The van der Waals surface area contributed by atoms with Gasteiger partial charge in [0.05, 0.1) is 11.4 Å². The fourth-order valence-electron chi connectivity index (χ4n) is 1.95. The third-order valence-corrected chi connectivity index (χ3v) is 3.16. The Kier molecular flexibility index (Phi) is 4.58. The molecule has 0 aliphatic carbocycles. The van der Waals surface area contributed by atoms with Crippen LogP contribution in [0.1, 0.15) is 23.9 Å². The minimum Gasteiger partial charge on any atom is -0.293 e. The summed E-state index contributed by atoms with van der Waals surface area (Å²) < 4.78 is 13.6. The first kappa shape index (κ1) is 13.6. The van der Waals surface area contributed by atoms with E-state index in [0.717, 1.165) is 17.9 Å². The molecule has 0 unspecified atom stereocenters. The molecular formula is C15H18FN3. The second-order valence-electron chi connectivity index (χ2n) is 4.48. The minimum atomic E-state index is -0.156. The molecule has 1 aromatic carbocycles. The van der Waals surface area contributed by atoms with E-state index in [-0.39, 0.29) is 5.82 Å². The summed E-state index contributed by atoms with van der Waals surface area (Å²) in [5, 5.41) is 0. The van der Waals surface area contributed by atoms with Gasteiger partial charge in [-0.25, -0.2) is 4.39 Å². The molecule has 2 rings (SSSR count). The summed E-state index contributed by atoms with van der Waals surface area (Å²) in [5.41, 5.74) is 2.58. The largest absolute Gasteiger partial charge is 0.293 e. The lowest BCUT2D eigenvalue weighted by molar-refractivity contribution is 0.263.